The Hall–Kier alpha value is -2.13. The number of para-hydroxylation sites is 1. The van der Waals surface area contributed by atoms with Gasteiger partial charge in [0.05, 0.1) is 0 Å². The monoisotopic (exact) mass is 426 g/mol. The molecule has 0 amide bonds. The van der Waals surface area contributed by atoms with Gasteiger partial charge < -0.3 is 4.74 Å². The van der Waals surface area contributed by atoms with Crippen molar-refractivity contribution in [3.63, 3.8) is 0 Å². The van der Waals surface area contributed by atoms with Crippen LogP contribution in [0.15, 0.2) is 77.3 Å². The van der Waals surface area contributed by atoms with E-state index in [1.54, 1.807) is 0 Å². The molecule has 1 nitrogen and oxygen atoms in total. The second-order valence-electron chi connectivity index (χ2n) is 7.42. The molecule has 0 N–H and O–H groups in total. The fourth-order valence-electron chi connectivity index (χ4n) is 3.18. The first kappa shape index (κ1) is 19.6. The summed E-state index contributed by atoms with van der Waals surface area (Å²) in [5.41, 5.74) is 2.52. The van der Waals surface area contributed by atoms with Crippen LogP contribution in [-0.4, -0.2) is 0 Å². The van der Waals surface area contributed by atoms with Crippen LogP contribution in [0.25, 0.3) is 0 Å². The molecule has 0 aliphatic heterocycles. The van der Waals surface area contributed by atoms with Crippen LogP contribution in [-0.2, 0) is 11.8 Å². The van der Waals surface area contributed by atoms with Gasteiger partial charge in [0.15, 0.2) is 11.6 Å². The molecule has 0 heterocycles. The SMILES string of the molecule is CC(C)(CCCc1ccc(F)c(Oc2ccccc2)c1)c1ccc(Br)cc1. The Morgan fingerprint density at radius 1 is 0.926 bits per heavy atom. The minimum absolute atomic E-state index is 0.101. The summed E-state index contributed by atoms with van der Waals surface area (Å²) < 4.78 is 20.9. The summed E-state index contributed by atoms with van der Waals surface area (Å²) in [6, 6.07) is 23.0. The fourth-order valence-corrected chi connectivity index (χ4v) is 3.44. The van der Waals surface area contributed by atoms with Gasteiger partial charge in [-0.25, -0.2) is 4.39 Å². The summed E-state index contributed by atoms with van der Waals surface area (Å²) >= 11 is 3.49. The van der Waals surface area contributed by atoms with E-state index in [0.29, 0.717) is 5.75 Å². The molecule has 0 unspecified atom stereocenters. The van der Waals surface area contributed by atoms with Crippen LogP contribution in [0.5, 0.6) is 11.5 Å². The van der Waals surface area contributed by atoms with Crippen LogP contribution in [0.2, 0.25) is 0 Å². The third-order valence-corrected chi connectivity index (χ3v) is 5.39. The van der Waals surface area contributed by atoms with Crippen molar-refractivity contribution in [3.8, 4) is 11.5 Å². The molecule has 0 saturated heterocycles. The maximum absolute atomic E-state index is 14.1. The Labute approximate surface area is 169 Å². The van der Waals surface area contributed by atoms with Crippen LogP contribution in [0.4, 0.5) is 4.39 Å². The van der Waals surface area contributed by atoms with Crippen molar-refractivity contribution < 1.29 is 9.13 Å². The molecule has 0 aromatic heterocycles. The quantitative estimate of drug-likeness (QED) is 0.376. The van der Waals surface area contributed by atoms with E-state index in [4.69, 9.17) is 4.74 Å². The molecule has 0 aliphatic rings. The lowest BCUT2D eigenvalue weighted by atomic mass is 9.80. The average molecular weight is 427 g/mol. The molecule has 3 rings (SSSR count). The van der Waals surface area contributed by atoms with Crippen molar-refractivity contribution in [1.29, 1.82) is 0 Å². The van der Waals surface area contributed by atoms with Gasteiger partial charge in [0, 0.05) is 4.47 Å². The zero-order valence-corrected chi connectivity index (χ0v) is 17.3. The first-order valence-electron chi connectivity index (χ1n) is 9.21. The Morgan fingerprint density at radius 2 is 1.63 bits per heavy atom. The Kier molecular flexibility index (Phi) is 6.33. The molecule has 3 aromatic carbocycles. The van der Waals surface area contributed by atoms with Gasteiger partial charge in [0.2, 0.25) is 0 Å². The number of ether oxygens (including phenoxy) is 1. The molecule has 3 heteroatoms. The van der Waals surface area contributed by atoms with Crippen LogP contribution in [0, 0.1) is 5.82 Å². The zero-order valence-electron chi connectivity index (χ0n) is 15.7. The minimum Gasteiger partial charge on any atom is -0.454 e. The van der Waals surface area contributed by atoms with Gasteiger partial charge in [-0.05, 0) is 72.2 Å². The molecular weight excluding hydrogens is 403 g/mol. The summed E-state index contributed by atoms with van der Waals surface area (Å²) in [5.74, 6) is 0.591. The topological polar surface area (TPSA) is 9.23 Å². The number of rotatable bonds is 7. The van der Waals surface area contributed by atoms with Gasteiger partial charge in [0.25, 0.3) is 0 Å². The molecule has 27 heavy (non-hydrogen) atoms. The van der Waals surface area contributed by atoms with Crippen molar-refractivity contribution in [2.75, 3.05) is 0 Å². The minimum atomic E-state index is -0.335. The van der Waals surface area contributed by atoms with E-state index in [0.717, 1.165) is 29.3 Å². The highest BCUT2D eigenvalue weighted by molar-refractivity contribution is 9.10. The second kappa shape index (κ2) is 8.71. The van der Waals surface area contributed by atoms with Gasteiger partial charge in [-0.15, -0.1) is 0 Å². The third-order valence-electron chi connectivity index (χ3n) is 4.86. The van der Waals surface area contributed by atoms with E-state index in [2.05, 4.69) is 54.0 Å². The number of halogens is 2. The normalized spacial score (nSPS) is 11.4. The zero-order chi connectivity index (χ0) is 19.3. The summed E-state index contributed by atoms with van der Waals surface area (Å²) in [6.45, 7) is 4.54. The number of hydrogen-bond donors (Lipinski definition) is 0. The van der Waals surface area contributed by atoms with Crippen molar-refractivity contribution in [2.24, 2.45) is 0 Å². The highest BCUT2D eigenvalue weighted by Crippen LogP contribution is 2.31. The molecule has 0 fully saturated rings. The fraction of sp³-hybridized carbons (Fsp3) is 0.250. The maximum atomic E-state index is 14.1. The first-order valence-corrected chi connectivity index (χ1v) is 10.0. The lowest BCUT2D eigenvalue weighted by Gasteiger charge is -2.25. The molecular formula is C24H24BrFO. The van der Waals surface area contributed by atoms with Gasteiger partial charge in [0.1, 0.15) is 5.75 Å². The summed E-state index contributed by atoms with van der Waals surface area (Å²) in [6.07, 6.45) is 2.98. The Bertz CT molecular complexity index is 873. The van der Waals surface area contributed by atoms with Crippen molar-refractivity contribution >= 4 is 15.9 Å². The molecule has 0 aliphatic carbocycles. The lowest BCUT2D eigenvalue weighted by Crippen LogP contribution is -2.17. The van der Waals surface area contributed by atoms with Crippen molar-refractivity contribution in [2.45, 2.75) is 38.5 Å². The van der Waals surface area contributed by atoms with E-state index < -0.39 is 0 Å². The van der Waals surface area contributed by atoms with Crippen LogP contribution >= 0.6 is 15.9 Å². The average Bonchev–Trinajstić information content (AvgIpc) is 2.65. The highest BCUT2D eigenvalue weighted by Gasteiger charge is 2.20. The highest BCUT2D eigenvalue weighted by atomic mass is 79.9. The smallest absolute Gasteiger partial charge is 0.165 e. The lowest BCUT2D eigenvalue weighted by molar-refractivity contribution is 0.439. The van der Waals surface area contributed by atoms with E-state index in [1.165, 1.54) is 11.6 Å². The van der Waals surface area contributed by atoms with E-state index in [-0.39, 0.29) is 17.0 Å². The summed E-state index contributed by atoms with van der Waals surface area (Å²) in [7, 11) is 0. The van der Waals surface area contributed by atoms with Crippen LogP contribution in [0.1, 0.15) is 37.8 Å². The van der Waals surface area contributed by atoms with Gasteiger partial charge in [-0.1, -0.05) is 66.2 Å². The van der Waals surface area contributed by atoms with Crippen molar-refractivity contribution in [3.05, 3.63) is 94.2 Å². The molecule has 0 radical (unpaired) electrons. The largest absolute Gasteiger partial charge is 0.454 e. The van der Waals surface area contributed by atoms with Crippen molar-refractivity contribution in [1.82, 2.24) is 0 Å². The number of benzene rings is 3. The molecule has 0 atom stereocenters. The van der Waals surface area contributed by atoms with Gasteiger partial charge >= 0.3 is 0 Å². The molecule has 0 saturated carbocycles. The van der Waals surface area contributed by atoms with Gasteiger partial charge in [-0.2, -0.15) is 0 Å². The summed E-state index contributed by atoms with van der Waals surface area (Å²) in [4.78, 5) is 0. The predicted octanol–water partition coefficient (Wildman–Crippen LogP) is 7.68. The van der Waals surface area contributed by atoms with E-state index in [9.17, 15) is 4.39 Å². The third kappa shape index (κ3) is 5.43. The van der Waals surface area contributed by atoms with Crippen LogP contribution in [0.3, 0.4) is 0 Å². The molecule has 3 aromatic rings. The second-order valence-corrected chi connectivity index (χ2v) is 8.34. The molecule has 140 valence electrons. The standard InChI is InChI=1S/C24H24BrFO/c1-24(2,19-11-13-20(25)14-12-19)16-6-7-18-10-15-22(26)23(17-18)27-21-8-4-3-5-9-21/h3-5,8-15,17H,6-7,16H2,1-2H3. The number of hydrogen-bond acceptors (Lipinski definition) is 1. The summed E-state index contributed by atoms with van der Waals surface area (Å²) in [5, 5.41) is 0. The first-order chi connectivity index (χ1) is 12.9. The van der Waals surface area contributed by atoms with Gasteiger partial charge in [-0.3, -0.25) is 0 Å². The maximum Gasteiger partial charge on any atom is 0.165 e. The molecule has 0 bridgehead atoms. The molecule has 0 spiro atoms. The Balaban J connectivity index is 1.62. The van der Waals surface area contributed by atoms with E-state index in [1.807, 2.05) is 42.5 Å². The van der Waals surface area contributed by atoms with E-state index >= 15 is 0 Å². The predicted molar refractivity (Wildman–Crippen MR) is 113 cm³/mol. The van der Waals surface area contributed by atoms with Crippen LogP contribution < -0.4 is 4.74 Å². The number of aryl methyl sites for hydroxylation is 1. The Morgan fingerprint density at radius 3 is 2.33 bits per heavy atom.